The lowest BCUT2D eigenvalue weighted by atomic mass is 9.97. The normalized spacial score (nSPS) is 33.5. The molecule has 2 aliphatic rings. The molecule has 0 amide bonds. The highest BCUT2D eigenvalue weighted by atomic mass is 16.7. The molecule has 0 unspecified atom stereocenters. The van der Waals surface area contributed by atoms with Gasteiger partial charge in [0.15, 0.2) is 23.2 Å². The van der Waals surface area contributed by atoms with Crippen LogP contribution >= 0.6 is 0 Å². The molecular weight excluding hydrogens is 564 g/mol. The van der Waals surface area contributed by atoms with Gasteiger partial charge in [0.2, 0.25) is 12.0 Å². The Morgan fingerprint density at radius 2 is 1.48 bits per heavy atom. The van der Waals surface area contributed by atoms with E-state index in [1.807, 2.05) is 0 Å². The first kappa shape index (κ1) is 30.0. The SMILES string of the molecule is C[C@@H]1O[C@@H](Oc2cc3oc(-c4ccc(O)cc4)cc(=O)c3c(O)c2O)[C@H](O)[C@H](O)[C@H]1O[C@@H]1O[C@H](CO)[C@@H](O)[C@H](O)[C@H]1O. The van der Waals surface area contributed by atoms with Crippen LogP contribution in [0, 0.1) is 0 Å². The molecular formula is C27H30O15. The van der Waals surface area contributed by atoms with Crippen molar-refractivity contribution in [2.45, 2.75) is 68.3 Å². The van der Waals surface area contributed by atoms with Gasteiger partial charge in [0.1, 0.15) is 65.2 Å². The lowest BCUT2D eigenvalue weighted by Gasteiger charge is -2.45. The van der Waals surface area contributed by atoms with Gasteiger partial charge in [-0.3, -0.25) is 4.79 Å². The topological polar surface area (TPSA) is 249 Å². The summed E-state index contributed by atoms with van der Waals surface area (Å²) in [6.07, 6.45) is -15.7. The molecule has 0 radical (unpaired) electrons. The van der Waals surface area contributed by atoms with Crippen molar-refractivity contribution in [2.24, 2.45) is 0 Å². The van der Waals surface area contributed by atoms with E-state index in [9.17, 15) is 50.8 Å². The third-order valence-electron chi connectivity index (χ3n) is 7.24. The van der Waals surface area contributed by atoms with Crippen LogP contribution in [0.15, 0.2) is 45.6 Å². The summed E-state index contributed by atoms with van der Waals surface area (Å²) in [7, 11) is 0. The van der Waals surface area contributed by atoms with Gasteiger partial charge in [-0.05, 0) is 31.2 Å². The lowest BCUT2D eigenvalue weighted by Crippen LogP contribution is -2.64. The number of hydrogen-bond donors (Lipinski definition) is 9. The summed E-state index contributed by atoms with van der Waals surface area (Å²) in [5.74, 6) is -2.14. The van der Waals surface area contributed by atoms with Crippen LogP contribution in [0.1, 0.15) is 6.92 Å². The molecule has 9 N–H and O–H groups in total. The van der Waals surface area contributed by atoms with Crippen LogP contribution in [0.3, 0.4) is 0 Å². The average Bonchev–Trinajstić information content (AvgIpc) is 2.96. The summed E-state index contributed by atoms with van der Waals surface area (Å²) in [6, 6.07) is 7.93. The third-order valence-corrected chi connectivity index (χ3v) is 7.24. The van der Waals surface area contributed by atoms with E-state index in [2.05, 4.69) is 0 Å². The molecule has 15 heteroatoms. The maximum atomic E-state index is 12.7. The first-order valence-electron chi connectivity index (χ1n) is 12.9. The molecule has 0 spiro atoms. The maximum Gasteiger partial charge on any atom is 0.229 e. The van der Waals surface area contributed by atoms with Gasteiger partial charge in [-0.15, -0.1) is 0 Å². The second kappa shape index (κ2) is 11.6. The molecule has 15 nitrogen and oxygen atoms in total. The zero-order chi connectivity index (χ0) is 30.5. The number of benzene rings is 2. The maximum absolute atomic E-state index is 12.7. The van der Waals surface area contributed by atoms with E-state index >= 15 is 0 Å². The number of phenols is 3. The Kier molecular flexibility index (Phi) is 8.30. The number of aliphatic hydroxyl groups excluding tert-OH is 6. The molecule has 10 atom stereocenters. The molecule has 0 saturated carbocycles. The standard InChI is InChI=1S/C27H30O15/c1-9-25(42-27-23(36)21(34)19(32)16(8-28)41-27)22(35)24(37)26(38-9)40-15-7-14-17(20(33)18(15)31)12(30)6-13(39-14)10-2-4-11(29)5-3-10/h2-7,9,16,19,21-29,31-37H,8H2,1H3/t9-,16+,19+,21-,22-,23+,24+,25-,26-,27-/m0/s1. The van der Waals surface area contributed by atoms with Crippen molar-refractivity contribution >= 4 is 11.0 Å². The molecule has 1 aromatic heterocycles. The number of ether oxygens (including phenoxy) is 4. The van der Waals surface area contributed by atoms with Crippen LogP contribution in [0.25, 0.3) is 22.3 Å². The molecule has 3 aromatic rings. The summed E-state index contributed by atoms with van der Waals surface area (Å²) in [5.41, 5.74) is -0.460. The Balaban J connectivity index is 1.38. The van der Waals surface area contributed by atoms with Gasteiger partial charge >= 0.3 is 0 Å². The fraction of sp³-hybridized carbons (Fsp3) is 0.444. The van der Waals surface area contributed by atoms with E-state index in [0.717, 1.165) is 12.1 Å². The average molecular weight is 595 g/mol. The molecule has 2 fully saturated rings. The summed E-state index contributed by atoms with van der Waals surface area (Å²) in [4.78, 5) is 12.7. The monoisotopic (exact) mass is 594 g/mol. The van der Waals surface area contributed by atoms with Crippen LogP contribution in [-0.2, 0) is 14.2 Å². The molecule has 2 aromatic carbocycles. The van der Waals surface area contributed by atoms with Crippen LogP contribution < -0.4 is 10.2 Å². The number of rotatable bonds is 6. The molecule has 2 saturated heterocycles. The smallest absolute Gasteiger partial charge is 0.229 e. The molecule has 3 heterocycles. The Labute approximate surface area is 236 Å². The first-order valence-corrected chi connectivity index (χ1v) is 12.9. The van der Waals surface area contributed by atoms with Crippen molar-refractivity contribution in [3.05, 3.63) is 46.6 Å². The van der Waals surface area contributed by atoms with Crippen LogP contribution in [0.2, 0.25) is 0 Å². The molecule has 2 aliphatic heterocycles. The van der Waals surface area contributed by atoms with Crippen molar-refractivity contribution in [1.82, 2.24) is 0 Å². The molecule has 5 rings (SSSR count). The molecule has 42 heavy (non-hydrogen) atoms. The Morgan fingerprint density at radius 1 is 0.810 bits per heavy atom. The largest absolute Gasteiger partial charge is 0.508 e. The number of hydrogen-bond acceptors (Lipinski definition) is 15. The second-order valence-electron chi connectivity index (χ2n) is 10.1. The molecule has 228 valence electrons. The van der Waals surface area contributed by atoms with Gasteiger partial charge in [0.25, 0.3) is 0 Å². The van der Waals surface area contributed by atoms with E-state index < -0.39 is 90.7 Å². The number of aliphatic hydroxyl groups is 6. The quantitative estimate of drug-likeness (QED) is 0.149. The van der Waals surface area contributed by atoms with E-state index in [-0.39, 0.29) is 22.5 Å². The minimum Gasteiger partial charge on any atom is -0.508 e. The van der Waals surface area contributed by atoms with Crippen molar-refractivity contribution in [2.75, 3.05) is 6.61 Å². The van der Waals surface area contributed by atoms with Gasteiger partial charge in [0, 0.05) is 17.7 Å². The van der Waals surface area contributed by atoms with Crippen molar-refractivity contribution in [3.63, 3.8) is 0 Å². The summed E-state index contributed by atoms with van der Waals surface area (Å²) in [6.45, 7) is 0.710. The van der Waals surface area contributed by atoms with Gasteiger partial charge < -0.3 is 69.3 Å². The van der Waals surface area contributed by atoms with Gasteiger partial charge in [-0.1, -0.05) is 0 Å². The van der Waals surface area contributed by atoms with Crippen LogP contribution in [0.5, 0.6) is 23.0 Å². The first-order chi connectivity index (χ1) is 19.9. The van der Waals surface area contributed by atoms with Crippen molar-refractivity contribution in [1.29, 1.82) is 0 Å². The minimum atomic E-state index is -1.84. The van der Waals surface area contributed by atoms with Crippen LogP contribution in [0.4, 0.5) is 0 Å². The third kappa shape index (κ3) is 5.37. The molecule has 0 aliphatic carbocycles. The Hall–Kier alpha value is -3.51. The summed E-state index contributed by atoms with van der Waals surface area (Å²) < 4.78 is 27.8. The number of fused-ring (bicyclic) bond motifs is 1. The van der Waals surface area contributed by atoms with Crippen molar-refractivity contribution in [3.8, 4) is 34.3 Å². The second-order valence-corrected chi connectivity index (χ2v) is 10.1. The van der Waals surface area contributed by atoms with E-state index in [0.29, 0.717) is 5.56 Å². The highest BCUT2D eigenvalue weighted by Crippen LogP contribution is 2.43. The summed E-state index contributed by atoms with van der Waals surface area (Å²) >= 11 is 0. The van der Waals surface area contributed by atoms with Gasteiger partial charge in [-0.25, -0.2) is 0 Å². The van der Waals surface area contributed by atoms with Gasteiger partial charge in [0.05, 0.1) is 12.7 Å². The fourth-order valence-corrected chi connectivity index (χ4v) is 4.88. The molecule has 0 bridgehead atoms. The van der Waals surface area contributed by atoms with E-state index in [1.165, 1.54) is 31.2 Å². The van der Waals surface area contributed by atoms with E-state index in [1.54, 1.807) is 0 Å². The highest BCUT2D eigenvalue weighted by molar-refractivity contribution is 5.89. The Bertz CT molecular complexity index is 1470. The van der Waals surface area contributed by atoms with E-state index in [4.69, 9.17) is 23.4 Å². The zero-order valence-corrected chi connectivity index (χ0v) is 21.9. The predicted molar refractivity (Wildman–Crippen MR) is 139 cm³/mol. The fourth-order valence-electron chi connectivity index (χ4n) is 4.88. The minimum absolute atomic E-state index is 0.0107. The highest BCUT2D eigenvalue weighted by Gasteiger charge is 2.50. The summed E-state index contributed by atoms with van der Waals surface area (Å²) in [5, 5.41) is 91.5. The van der Waals surface area contributed by atoms with Crippen molar-refractivity contribution < 1.29 is 69.3 Å². The zero-order valence-electron chi connectivity index (χ0n) is 21.9. The van der Waals surface area contributed by atoms with Crippen LogP contribution in [-0.4, -0.2) is 114 Å². The lowest BCUT2D eigenvalue weighted by molar-refractivity contribution is -0.348. The Morgan fingerprint density at radius 3 is 2.14 bits per heavy atom. The predicted octanol–water partition coefficient (Wildman–Crippen LogP) is -1.39. The van der Waals surface area contributed by atoms with Gasteiger partial charge in [-0.2, -0.15) is 0 Å². The number of aromatic hydroxyl groups is 3. The number of phenolic OH excluding ortho intramolecular Hbond substituents is 3.